The Morgan fingerprint density at radius 2 is 2.16 bits per heavy atom. The molecule has 3 heterocycles. The van der Waals surface area contributed by atoms with E-state index >= 15 is 0 Å². The van der Waals surface area contributed by atoms with Crippen LogP contribution in [0.3, 0.4) is 0 Å². The quantitative estimate of drug-likeness (QED) is 0.723. The van der Waals surface area contributed by atoms with E-state index in [0.29, 0.717) is 6.54 Å². The van der Waals surface area contributed by atoms with E-state index in [1.165, 1.54) is 12.0 Å². The second kappa shape index (κ2) is 4.45. The molecular formula is C13H20N2O4. The number of rotatable bonds is 2. The number of aliphatic hydroxyl groups is 1. The van der Waals surface area contributed by atoms with Gasteiger partial charge in [0.25, 0.3) is 0 Å². The number of ether oxygens (including phenoxy) is 1. The highest BCUT2D eigenvalue weighted by atomic mass is 16.5. The van der Waals surface area contributed by atoms with E-state index in [9.17, 15) is 14.7 Å². The zero-order valence-corrected chi connectivity index (χ0v) is 11.2. The fourth-order valence-electron chi connectivity index (χ4n) is 3.79. The largest absolute Gasteiger partial charge is 0.388 e. The molecule has 6 heteroatoms. The summed E-state index contributed by atoms with van der Waals surface area (Å²) in [5.74, 6) is -0.218. The van der Waals surface area contributed by atoms with Crippen LogP contribution >= 0.6 is 0 Å². The molecule has 4 aliphatic rings. The van der Waals surface area contributed by atoms with Crippen LogP contribution in [0, 0.1) is 0 Å². The van der Waals surface area contributed by atoms with Crippen molar-refractivity contribution in [1.82, 2.24) is 9.80 Å². The van der Waals surface area contributed by atoms with Gasteiger partial charge in [-0.25, -0.2) is 0 Å². The van der Waals surface area contributed by atoms with Crippen LogP contribution in [0.15, 0.2) is 0 Å². The Labute approximate surface area is 112 Å². The fourth-order valence-corrected chi connectivity index (χ4v) is 3.79. The molecule has 1 atom stereocenters. The first kappa shape index (κ1) is 12.9. The molecule has 4 fully saturated rings. The minimum Gasteiger partial charge on any atom is -0.388 e. The average Bonchev–Trinajstić information content (AvgIpc) is 2.39. The standard InChI is InChI=1S/C13H20N2O4/c1-19-8-12(17)14-6-10-13(18)4-2-9(3-5-13)15(10)11(16)7-14/h9-10,18H,2-8H2,1H3. The second-order valence-electron chi connectivity index (χ2n) is 5.86. The van der Waals surface area contributed by atoms with Crippen LogP contribution in [0.5, 0.6) is 0 Å². The van der Waals surface area contributed by atoms with Gasteiger partial charge in [-0.15, -0.1) is 0 Å². The molecule has 19 heavy (non-hydrogen) atoms. The van der Waals surface area contributed by atoms with Gasteiger partial charge in [-0.1, -0.05) is 0 Å². The number of piperazine rings is 1. The van der Waals surface area contributed by atoms with Gasteiger partial charge in [-0.3, -0.25) is 9.59 Å². The Morgan fingerprint density at radius 3 is 2.79 bits per heavy atom. The molecule has 0 spiro atoms. The molecule has 3 aliphatic heterocycles. The minimum absolute atomic E-state index is 0.0120. The van der Waals surface area contributed by atoms with Gasteiger partial charge in [-0.05, 0) is 25.7 Å². The molecule has 0 radical (unpaired) electrons. The third-order valence-electron chi connectivity index (χ3n) is 4.80. The molecule has 1 saturated carbocycles. The van der Waals surface area contributed by atoms with E-state index in [1.807, 2.05) is 4.90 Å². The zero-order chi connectivity index (χ0) is 13.6. The van der Waals surface area contributed by atoms with Crippen molar-refractivity contribution in [2.75, 3.05) is 26.8 Å². The lowest BCUT2D eigenvalue weighted by Crippen LogP contribution is -2.73. The molecule has 1 N–H and O–H groups in total. The maximum absolute atomic E-state index is 12.3. The predicted molar refractivity (Wildman–Crippen MR) is 66.3 cm³/mol. The van der Waals surface area contributed by atoms with Gasteiger partial charge in [-0.2, -0.15) is 0 Å². The molecule has 0 aromatic rings. The summed E-state index contributed by atoms with van der Waals surface area (Å²) in [6.07, 6.45) is 3.23. The first-order valence-corrected chi connectivity index (χ1v) is 6.85. The van der Waals surface area contributed by atoms with E-state index in [2.05, 4.69) is 0 Å². The van der Waals surface area contributed by atoms with Crippen LogP contribution in [0.2, 0.25) is 0 Å². The molecule has 4 rings (SSSR count). The third kappa shape index (κ3) is 1.94. The summed E-state index contributed by atoms with van der Waals surface area (Å²) >= 11 is 0. The Hall–Kier alpha value is -1.14. The zero-order valence-electron chi connectivity index (χ0n) is 11.2. The van der Waals surface area contributed by atoms with Gasteiger partial charge >= 0.3 is 0 Å². The van der Waals surface area contributed by atoms with Crippen LogP contribution in [0.25, 0.3) is 0 Å². The smallest absolute Gasteiger partial charge is 0.249 e. The third-order valence-corrected chi connectivity index (χ3v) is 4.80. The molecule has 3 saturated heterocycles. The topological polar surface area (TPSA) is 70.1 Å². The lowest BCUT2D eigenvalue weighted by atomic mass is 9.70. The maximum Gasteiger partial charge on any atom is 0.249 e. The first-order valence-electron chi connectivity index (χ1n) is 6.85. The van der Waals surface area contributed by atoms with E-state index in [0.717, 1.165) is 25.7 Å². The van der Waals surface area contributed by atoms with Crippen LogP contribution < -0.4 is 0 Å². The maximum atomic E-state index is 12.3. The summed E-state index contributed by atoms with van der Waals surface area (Å²) in [5.41, 5.74) is -0.809. The highest BCUT2D eigenvalue weighted by Gasteiger charge is 2.55. The summed E-state index contributed by atoms with van der Waals surface area (Å²) in [5, 5.41) is 10.7. The Bertz CT molecular complexity index is 403. The summed E-state index contributed by atoms with van der Waals surface area (Å²) in [4.78, 5) is 27.5. The number of carbonyl (C=O) groups is 2. The molecular weight excluding hydrogens is 248 g/mol. The number of hydrogen-bond donors (Lipinski definition) is 1. The fraction of sp³-hybridized carbons (Fsp3) is 0.846. The van der Waals surface area contributed by atoms with Gasteiger partial charge in [0.1, 0.15) is 6.61 Å². The molecule has 1 aliphatic carbocycles. The van der Waals surface area contributed by atoms with Crippen molar-refractivity contribution in [2.24, 2.45) is 0 Å². The number of amides is 2. The van der Waals surface area contributed by atoms with E-state index in [-0.39, 0.29) is 37.0 Å². The van der Waals surface area contributed by atoms with Gasteiger partial charge < -0.3 is 19.6 Å². The van der Waals surface area contributed by atoms with Gasteiger partial charge in [0.05, 0.1) is 18.2 Å². The first-order chi connectivity index (χ1) is 9.05. The van der Waals surface area contributed by atoms with E-state index < -0.39 is 5.60 Å². The number of methoxy groups -OCH3 is 1. The molecule has 1 unspecified atom stereocenters. The molecule has 106 valence electrons. The van der Waals surface area contributed by atoms with Crippen LogP contribution in [-0.2, 0) is 14.3 Å². The second-order valence-corrected chi connectivity index (χ2v) is 5.86. The Kier molecular flexibility index (Phi) is 3.02. The van der Waals surface area contributed by atoms with Crippen molar-refractivity contribution in [3.8, 4) is 0 Å². The Morgan fingerprint density at radius 1 is 1.47 bits per heavy atom. The van der Waals surface area contributed by atoms with E-state index in [1.54, 1.807) is 0 Å². The molecule has 6 nitrogen and oxygen atoms in total. The Balaban J connectivity index is 1.82. The number of hydrogen-bond acceptors (Lipinski definition) is 4. The van der Waals surface area contributed by atoms with Crippen LogP contribution in [-0.4, -0.2) is 71.2 Å². The SMILES string of the molecule is COCC(=O)N1CC(=O)N2C3CCC(O)(CC3)C2C1. The van der Waals surface area contributed by atoms with Crippen molar-refractivity contribution < 1.29 is 19.4 Å². The van der Waals surface area contributed by atoms with Gasteiger partial charge in [0, 0.05) is 19.7 Å². The number of piperidine rings is 2. The van der Waals surface area contributed by atoms with Gasteiger partial charge in [0.2, 0.25) is 11.8 Å². The monoisotopic (exact) mass is 268 g/mol. The van der Waals surface area contributed by atoms with Crippen LogP contribution in [0.4, 0.5) is 0 Å². The van der Waals surface area contributed by atoms with Crippen molar-refractivity contribution in [2.45, 2.75) is 43.4 Å². The summed E-state index contributed by atoms with van der Waals surface area (Å²) < 4.78 is 4.84. The summed E-state index contributed by atoms with van der Waals surface area (Å²) in [6.45, 7) is 0.536. The summed E-state index contributed by atoms with van der Waals surface area (Å²) in [6, 6.07) is 0.0215. The lowest BCUT2D eigenvalue weighted by Gasteiger charge is -2.59. The highest BCUT2D eigenvalue weighted by molar-refractivity contribution is 5.87. The van der Waals surface area contributed by atoms with Crippen molar-refractivity contribution in [3.63, 3.8) is 0 Å². The average molecular weight is 268 g/mol. The molecule has 2 amide bonds. The normalized spacial score (nSPS) is 37.5. The van der Waals surface area contributed by atoms with E-state index in [4.69, 9.17) is 4.74 Å². The number of carbonyl (C=O) groups excluding carboxylic acids is 2. The van der Waals surface area contributed by atoms with Crippen LogP contribution in [0.1, 0.15) is 25.7 Å². The summed E-state index contributed by atoms with van der Waals surface area (Å²) in [7, 11) is 1.46. The highest BCUT2D eigenvalue weighted by Crippen LogP contribution is 2.44. The molecule has 0 aromatic carbocycles. The molecule has 0 aromatic heterocycles. The predicted octanol–water partition coefficient (Wildman–Crippen LogP) is -0.640. The van der Waals surface area contributed by atoms with Gasteiger partial charge in [0.15, 0.2) is 0 Å². The molecule has 2 bridgehead atoms. The van der Waals surface area contributed by atoms with Crippen molar-refractivity contribution in [1.29, 1.82) is 0 Å². The number of fused-ring (bicyclic) bond motifs is 2. The van der Waals surface area contributed by atoms with Crippen molar-refractivity contribution in [3.05, 3.63) is 0 Å². The minimum atomic E-state index is -0.809. The lowest BCUT2D eigenvalue weighted by molar-refractivity contribution is -0.187. The van der Waals surface area contributed by atoms with Crippen molar-refractivity contribution >= 4 is 11.8 Å². The number of nitrogens with zero attached hydrogens (tertiary/aromatic N) is 2.